The molecule has 7 heteroatoms. The molecule has 2 rings (SSSR count). The Morgan fingerprint density at radius 3 is 2.59 bits per heavy atom. The number of aromatic nitrogens is 3. The maximum Gasteiger partial charge on any atom is 0.228 e. The van der Waals surface area contributed by atoms with Gasteiger partial charge in [0.25, 0.3) is 0 Å². The van der Waals surface area contributed by atoms with Crippen molar-refractivity contribution in [1.82, 2.24) is 15.0 Å². The van der Waals surface area contributed by atoms with Crippen molar-refractivity contribution in [1.29, 1.82) is 0 Å². The Morgan fingerprint density at radius 1 is 1.23 bits per heavy atom. The molecule has 0 spiro atoms. The van der Waals surface area contributed by atoms with Crippen molar-refractivity contribution in [2.75, 3.05) is 17.7 Å². The Hall–Kier alpha value is -1.73. The summed E-state index contributed by atoms with van der Waals surface area (Å²) < 4.78 is 6.83. The van der Waals surface area contributed by atoms with Crippen LogP contribution in [-0.2, 0) is 11.3 Å². The number of anilines is 2. The summed E-state index contributed by atoms with van der Waals surface area (Å²) in [4.78, 5) is 12.3. The largest absolute Gasteiger partial charge is 0.375 e. The zero-order valence-electron chi connectivity index (χ0n) is 12.7. The topological polar surface area (TPSA) is 86.0 Å². The minimum Gasteiger partial charge on any atom is -0.375 e. The highest BCUT2D eigenvalue weighted by molar-refractivity contribution is 9.10. The Labute approximate surface area is 138 Å². The van der Waals surface area contributed by atoms with Crippen molar-refractivity contribution in [3.8, 4) is 0 Å². The lowest BCUT2D eigenvalue weighted by atomic mass is 10.2. The van der Waals surface area contributed by atoms with Crippen molar-refractivity contribution < 1.29 is 4.74 Å². The zero-order valence-corrected chi connectivity index (χ0v) is 14.3. The monoisotopic (exact) mass is 365 g/mol. The van der Waals surface area contributed by atoms with E-state index in [1.807, 2.05) is 24.3 Å². The number of benzene rings is 1. The molecule has 0 saturated heterocycles. The maximum absolute atomic E-state index is 5.77. The number of aryl methyl sites for hydroxylation is 1. The van der Waals surface area contributed by atoms with Crippen molar-refractivity contribution in [2.24, 2.45) is 0 Å². The second-order valence-corrected chi connectivity index (χ2v) is 5.87. The lowest BCUT2D eigenvalue weighted by molar-refractivity contribution is 0.111. The molecule has 6 nitrogen and oxygen atoms in total. The maximum atomic E-state index is 5.77. The van der Waals surface area contributed by atoms with Gasteiger partial charge in [-0.25, -0.2) is 0 Å². The third kappa shape index (κ3) is 5.23. The van der Waals surface area contributed by atoms with Gasteiger partial charge in [0.15, 0.2) is 0 Å². The van der Waals surface area contributed by atoms with Gasteiger partial charge in [-0.05, 0) is 31.0 Å². The zero-order chi connectivity index (χ0) is 15.9. The van der Waals surface area contributed by atoms with E-state index >= 15 is 0 Å². The molecule has 1 aromatic carbocycles. The van der Waals surface area contributed by atoms with Crippen LogP contribution in [0.1, 0.15) is 24.7 Å². The van der Waals surface area contributed by atoms with E-state index in [1.54, 1.807) is 6.92 Å². The highest BCUT2D eigenvalue weighted by atomic mass is 79.9. The first kappa shape index (κ1) is 16.6. The fraction of sp³-hybridized carbons (Fsp3) is 0.400. The predicted molar refractivity (Wildman–Crippen MR) is 90.5 cm³/mol. The number of ether oxygens (including phenoxy) is 1. The normalized spacial score (nSPS) is 12.1. The number of nitrogens with zero attached hydrogens (tertiary/aromatic N) is 3. The van der Waals surface area contributed by atoms with E-state index in [0.29, 0.717) is 25.0 Å². The molecule has 1 unspecified atom stereocenters. The molecule has 1 atom stereocenters. The van der Waals surface area contributed by atoms with Gasteiger partial charge in [0, 0.05) is 4.47 Å². The van der Waals surface area contributed by atoms with Crippen LogP contribution in [0.25, 0.3) is 0 Å². The van der Waals surface area contributed by atoms with E-state index < -0.39 is 0 Å². The van der Waals surface area contributed by atoms with Gasteiger partial charge in [0.05, 0.1) is 19.3 Å². The van der Waals surface area contributed by atoms with Crippen molar-refractivity contribution in [3.63, 3.8) is 0 Å². The van der Waals surface area contributed by atoms with Crippen LogP contribution < -0.4 is 11.1 Å². The van der Waals surface area contributed by atoms with E-state index in [1.165, 1.54) is 0 Å². The first-order valence-electron chi connectivity index (χ1n) is 7.13. The average Bonchev–Trinajstić information content (AvgIpc) is 2.47. The molecular weight excluding hydrogens is 346 g/mol. The van der Waals surface area contributed by atoms with Gasteiger partial charge >= 0.3 is 0 Å². The lowest BCUT2D eigenvalue weighted by Crippen LogP contribution is -2.26. The van der Waals surface area contributed by atoms with Gasteiger partial charge in [-0.15, -0.1) is 0 Å². The van der Waals surface area contributed by atoms with Crippen LogP contribution in [0.2, 0.25) is 0 Å². The molecule has 0 amide bonds. The van der Waals surface area contributed by atoms with Crippen LogP contribution in [0, 0.1) is 6.92 Å². The molecule has 0 aliphatic heterocycles. The van der Waals surface area contributed by atoms with E-state index in [9.17, 15) is 0 Å². The Bertz CT molecular complexity index is 585. The number of halogens is 1. The molecule has 0 fully saturated rings. The minimum atomic E-state index is 0.122. The third-order valence-corrected chi connectivity index (χ3v) is 3.62. The van der Waals surface area contributed by atoms with E-state index in [2.05, 4.69) is 43.1 Å². The van der Waals surface area contributed by atoms with E-state index in [4.69, 9.17) is 10.5 Å². The number of rotatable bonds is 7. The van der Waals surface area contributed by atoms with E-state index in [0.717, 1.165) is 16.5 Å². The number of nitrogens with two attached hydrogens (primary N) is 1. The Morgan fingerprint density at radius 2 is 1.95 bits per heavy atom. The van der Waals surface area contributed by atoms with Crippen molar-refractivity contribution >= 4 is 27.8 Å². The SMILES string of the molecule is CCC(COCc1ccc(Br)cc1)Nc1nc(C)nc(N)n1. The summed E-state index contributed by atoms with van der Waals surface area (Å²) >= 11 is 3.42. The first-order chi connectivity index (χ1) is 10.6. The molecule has 2 aromatic rings. The van der Waals surface area contributed by atoms with Gasteiger partial charge in [0.1, 0.15) is 5.82 Å². The Balaban J connectivity index is 1.85. The summed E-state index contributed by atoms with van der Waals surface area (Å²) in [6.45, 7) is 5.01. The van der Waals surface area contributed by atoms with Gasteiger partial charge in [-0.1, -0.05) is 35.0 Å². The summed E-state index contributed by atoms with van der Waals surface area (Å²) in [7, 11) is 0. The van der Waals surface area contributed by atoms with Crippen LogP contribution in [0.4, 0.5) is 11.9 Å². The second kappa shape index (κ2) is 8.05. The van der Waals surface area contributed by atoms with Crippen LogP contribution in [0.15, 0.2) is 28.7 Å². The fourth-order valence-corrected chi connectivity index (χ4v) is 2.18. The molecule has 1 heterocycles. The summed E-state index contributed by atoms with van der Waals surface area (Å²) in [6.07, 6.45) is 0.894. The number of nitrogen functional groups attached to an aromatic ring is 1. The van der Waals surface area contributed by atoms with Gasteiger partial charge in [0.2, 0.25) is 11.9 Å². The molecule has 1 aromatic heterocycles. The Kier molecular flexibility index (Phi) is 6.09. The molecule has 22 heavy (non-hydrogen) atoms. The highest BCUT2D eigenvalue weighted by Gasteiger charge is 2.09. The summed E-state index contributed by atoms with van der Waals surface area (Å²) in [5.74, 6) is 1.31. The predicted octanol–water partition coefficient (Wildman–Crippen LogP) is 2.93. The summed E-state index contributed by atoms with van der Waals surface area (Å²) in [5.41, 5.74) is 6.76. The first-order valence-corrected chi connectivity index (χ1v) is 7.93. The van der Waals surface area contributed by atoms with Crippen molar-refractivity contribution in [3.05, 3.63) is 40.1 Å². The van der Waals surface area contributed by atoms with Crippen LogP contribution in [0.3, 0.4) is 0 Å². The lowest BCUT2D eigenvalue weighted by Gasteiger charge is -2.17. The number of hydrogen-bond donors (Lipinski definition) is 2. The number of nitrogens with one attached hydrogen (secondary N) is 1. The fourth-order valence-electron chi connectivity index (χ4n) is 1.91. The van der Waals surface area contributed by atoms with Gasteiger partial charge in [-0.2, -0.15) is 15.0 Å². The molecular formula is C15H20BrN5O. The van der Waals surface area contributed by atoms with Crippen LogP contribution in [-0.4, -0.2) is 27.6 Å². The molecule has 0 saturated carbocycles. The third-order valence-electron chi connectivity index (χ3n) is 3.09. The average molecular weight is 366 g/mol. The molecule has 0 radical (unpaired) electrons. The molecule has 3 N–H and O–H groups in total. The molecule has 0 aliphatic rings. The molecule has 0 aliphatic carbocycles. The quantitative estimate of drug-likeness (QED) is 0.784. The summed E-state index contributed by atoms with van der Waals surface area (Å²) in [5, 5.41) is 3.23. The van der Waals surface area contributed by atoms with E-state index in [-0.39, 0.29) is 12.0 Å². The second-order valence-electron chi connectivity index (χ2n) is 4.96. The molecule has 0 bridgehead atoms. The summed E-state index contributed by atoms with van der Waals surface area (Å²) in [6, 6.07) is 8.20. The van der Waals surface area contributed by atoms with Crippen molar-refractivity contribution in [2.45, 2.75) is 32.9 Å². The minimum absolute atomic E-state index is 0.122. The smallest absolute Gasteiger partial charge is 0.228 e. The van der Waals surface area contributed by atoms with Crippen LogP contribution in [0.5, 0.6) is 0 Å². The molecule has 118 valence electrons. The highest BCUT2D eigenvalue weighted by Crippen LogP contribution is 2.12. The van der Waals surface area contributed by atoms with Gasteiger partial charge in [-0.3, -0.25) is 0 Å². The standard InChI is InChI=1S/C15H20BrN5O/c1-3-13(20-15-19-10(2)18-14(17)21-15)9-22-8-11-4-6-12(16)7-5-11/h4-7,13H,3,8-9H2,1-2H3,(H3,17,18,19,20,21). The number of hydrogen-bond acceptors (Lipinski definition) is 6. The van der Waals surface area contributed by atoms with Gasteiger partial charge < -0.3 is 15.8 Å². The van der Waals surface area contributed by atoms with Crippen LogP contribution >= 0.6 is 15.9 Å².